The Balaban J connectivity index is 2.33. The molecule has 0 N–H and O–H groups in total. The molecule has 3 aromatic rings. The van der Waals surface area contributed by atoms with Crippen LogP contribution in [0.25, 0.3) is 22.1 Å². The largest absolute Gasteiger partial charge is 0.451 e. The lowest BCUT2D eigenvalue weighted by atomic mass is 10.2. The van der Waals surface area contributed by atoms with Crippen LogP contribution in [0.4, 0.5) is 0 Å². The molecule has 2 aromatic heterocycles. The maximum absolute atomic E-state index is 8.66. The minimum Gasteiger partial charge on any atom is -0.451 e. The number of nitrogens with zero attached hydrogens (tertiary/aromatic N) is 3. The van der Waals surface area contributed by atoms with Crippen molar-refractivity contribution < 1.29 is 4.42 Å². The Kier molecular flexibility index (Phi) is 2.65. The Bertz CT molecular complexity index is 773. The highest BCUT2D eigenvalue weighted by molar-refractivity contribution is 7.99. The van der Waals surface area contributed by atoms with Gasteiger partial charge >= 0.3 is 0 Å². The molecular weight excluding hydrogens is 246 g/mol. The Morgan fingerprint density at radius 2 is 2.17 bits per heavy atom. The predicted molar refractivity (Wildman–Crippen MR) is 70.4 cm³/mol. The molecule has 5 heteroatoms. The molecule has 0 unspecified atom stereocenters. The third-order valence-electron chi connectivity index (χ3n) is 2.57. The zero-order chi connectivity index (χ0) is 12.5. The number of benzene rings is 1. The van der Waals surface area contributed by atoms with E-state index in [0.29, 0.717) is 17.2 Å². The van der Waals surface area contributed by atoms with Crippen molar-refractivity contribution >= 4 is 33.8 Å². The molecule has 3 rings (SSSR count). The zero-order valence-corrected chi connectivity index (χ0v) is 10.5. The number of rotatable bonds is 2. The number of para-hydroxylation sites is 1. The second-order valence-corrected chi connectivity index (χ2v) is 4.76. The number of furan rings is 1. The van der Waals surface area contributed by atoms with Gasteiger partial charge in [-0.05, 0) is 19.1 Å². The van der Waals surface area contributed by atoms with Crippen LogP contribution in [-0.4, -0.2) is 15.7 Å². The maximum atomic E-state index is 8.66. The van der Waals surface area contributed by atoms with Crippen LogP contribution in [0.5, 0.6) is 0 Å². The van der Waals surface area contributed by atoms with Gasteiger partial charge in [-0.2, -0.15) is 5.26 Å². The van der Waals surface area contributed by atoms with E-state index < -0.39 is 0 Å². The van der Waals surface area contributed by atoms with Gasteiger partial charge in [-0.1, -0.05) is 23.9 Å². The summed E-state index contributed by atoms with van der Waals surface area (Å²) < 4.78 is 5.78. The third-order valence-corrected chi connectivity index (χ3v) is 3.40. The first-order valence-corrected chi connectivity index (χ1v) is 6.44. The van der Waals surface area contributed by atoms with Gasteiger partial charge in [-0.3, -0.25) is 0 Å². The summed E-state index contributed by atoms with van der Waals surface area (Å²) in [6.45, 7) is 1.84. The van der Waals surface area contributed by atoms with Crippen molar-refractivity contribution in [3.05, 3.63) is 30.1 Å². The Morgan fingerprint density at radius 3 is 3.00 bits per heavy atom. The van der Waals surface area contributed by atoms with Gasteiger partial charge in [0.2, 0.25) is 0 Å². The minimum absolute atomic E-state index is 0.350. The van der Waals surface area contributed by atoms with E-state index in [1.54, 1.807) is 0 Å². The number of thioether (sulfide) groups is 1. The predicted octanol–water partition coefficient (Wildman–Crippen LogP) is 3.30. The van der Waals surface area contributed by atoms with Crippen LogP contribution in [0.1, 0.15) is 5.82 Å². The fourth-order valence-electron chi connectivity index (χ4n) is 1.87. The number of hydrogen-bond acceptors (Lipinski definition) is 5. The molecule has 0 aliphatic rings. The average Bonchev–Trinajstić information content (AvgIpc) is 2.75. The van der Waals surface area contributed by atoms with Gasteiger partial charge in [0, 0.05) is 5.39 Å². The van der Waals surface area contributed by atoms with E-state index in [9.17, 15) is 0 Å². The fraction of sp³-hybridized carbons (Fsp3) is 0.154. The van der Waals surface area contributed by atoms with Crippen molar-refractivity contribution in [2.45, 2.75) is 11.9 Å². The molecule has 18 heavy (non-hydrogen) atoms. The maximum Gasteiger partial charge on any atom is 0.186 e. The van der Waals surface area contributed by atoms with E-state index in [1.807, 2.05) is 31.2 Å². The van der Waals surface area contributed by atoms with E-state index in [0.717, 1.165) is 21.5 Å². The second-order valence-electron chi connectivity index (χ2n) is 3.80. The van der Waals surface area contributed by atoms with E-state index in [2.05, 4.69) is 16.0 Å². The van der Waals surface area contributed by atoms with Crippen molar-refractivity contribution in [1.29, 1.82) is 5.26 Å². The molecule has 4 nitrogen and oxygen atoms in total. The Hall–Kier alpha value is -2.06. The van der Waals surface area contributed by atoms with E-state index in [-0.39, 0.29) is 0 Å². The number of aryl methyl sites for hydroxylation is 1. The molecule has 2 heterocycles. The first-order valence-electron chi connectivity index (χ1n) is 5.45. The molecule has 0 radical (unpaired) electrons. The SMILES string of the molecule is Cc1nc(SCC#N)c2oc3ccccc3c2n1. The summed E-state index contributed by atoms with van der Waals surface area (Å²) in [6.07, 6.45) is 0. The highest BCUT2D eigenvalue weighted by Gasteiger charge is 2.14. The summed E-state index contributed by atoms with van der Waals surface area (Å²) >= 11 is 1.37. The van der Waals surface area contributed by atoms with Gasteiger partial charge < -0.3 is 4.42 Å². The second kappa shape index (κ2) is 4.31. The lowest BCUT2D eigenvalue weighted by Crippen LogP contribution is -1.91. The van der Waals surface area contributed by atoms with Crippen molar-refractivity contribution in [2.24, 2.45) is 0 Å². The van der Waals surface area contributed by atoms with Crippen LogP contribution in [0.15, 0.2) is 33.7 Å². The molecular formula is C13H9N3OS. The first-order chi connectivity index (χ1) is 8.79. The number of hydrogen-bond donors (Lipinski definition) is 0. The van der Waals surface area contributed by atoms with Crippen LogP contribution < -0.4 is 0 Å². The van der Waals surface area contributed by atoms with E-state index in [4.69, 9.17) is 9.68 Å². The third kappa shape index (κ3) is 1.71. The number of fused-ring (bicyclic) bond motifs is 3. The van der Waals surface area contributed by atoms with E-state index >= 15 is 0 Å². The van der Waals surface area contributed by atoms with Crippen molar-refractivity contribution in [3.8, 4) is 6.07 Å². The molecule has 0 saturated carbocycles. The van der Waals surface area contributed by atoms with Crippen molar-refractivity contribution in [1.82, 2.24) is 9.97 Å². The summed E-state index contributed by atoms with van der Waals surface area (Å²) in [5.41, 5.74) is 2.28. The normalized spacial score (nSPS) is 10.9. The van der Waals surface area contributed by atoms with Crippen LogP contribution >= 0.6 is 11.8 Å². The summed E-state index contributed by atoms with van der Waals surface area (Å²) in [7, 11) is 0. The Labute approximate surface area is 108 Å². The van der Waals surface area contributed by atoms with Gasteiger partial charge in [-0.15, -0.1) is 0 Å². The van der Waals surface area contributed by atoms with Crippen molar-refractivity contribution in [3.63, 3.8) is 0 Å². The van der Waals surface area contributed by atoms with Gasteiger partial charge in [0.1, 0.15) is 22.0 Å². The highest BCUT2D eigenvalue weighted by atomic mass is 32.2. The molecule has 88 valence electrons. The molecule has 0 amide bonds. The molecule has 0 atom stereocenters. The average molecular weight is 255 g/mol. The molecule has 0 spiro atoms. The monoisotopic (exact) mass is 255 g/mol. The summed E-state index contributed by atoms with van der Waals surface area (Å²) in [6, 6.07) is 9.86. The van der Waals surface area contributed by atoms with Crippen molar-refractivity contribution in [2.75, 3.05) is 5.75 Å². The van der Waals surface area contributed by atoms with Crippen LogP contribution in [0, 0.1) is 18.3 Å². The quantitative estimate of drug-likeness (QED) is 0.519. The standard InChI is InChI=1S/C13H9N3OS/c1-8-15-11-9-4-2-3-5-10(9)17-12(11)13(16-8)18-7-6-14/h2-5H,7H2,1H3. The number of nitriles is 1. The smallest absolute Gasteiger partial charge is 0.186 e. The lowest BCUT2D eigenvalue weighted by Gasteiger charge is -1.99. The zero-order valence-electron chi connectivity index (χ0n) is 9.67. The molecule has 0 aliphatic heterocycles. The molecule has 0 saturated heterocycles. The van der Waals surface area contributed by atoms with Crippen LogP contribution in [-0.2, 0) is 0 Å². The Morgan fingerprint density at radius 1 is 1.33 bits per heavy atom. The number of aromatic nitrogens is 2. The highest BCUT2D eigenvalue weighted by Crippen LogP contribution is 2.32. The first kappa shape index (κ1) is 11.1. The molecule has 1 aromatic carbocycles. The summed E-state index contributed by atoms with van der Waals surface area (Å²) in [5.74, 6) is 1.04. The lowest BCUT2D eigenvalue weighted by molar-refractivity contribution is 0.652. The topological polar surface area (TPSA) is 62.7 Å². The van der Waals surface area contributed by atoms with Gasteiger partial charge in [0.15, 0.2) is 5.58 Å². The van der Waals surface area contributed by atoms with Crippen LogP contribution in [0.3, 0.4) is 0 Å². The minimum atomic E-state index is 0.350. The summed E-state index contributed by atoms with van der Waals surface area (Å²) in [4.78, 5) is 8.77. The van der Waals surface area contributed by atoms with Crippen LogP contribution in [0.2, 0.25) is 0 Å². The fourth-order valence-corrected chi connectivity index (χ4v) is 2.54. The van der Waals surface area contributed by atoms with Gasteiger partial charge in [-0.25, -0.2) is 9.97 Å². The molecule has 0 fully saturated rings. The molecule has 0 bridgehead atoms. The van der Waals surface area contributed by atoms with E-state index in [1.165, 1.54) is 11.8 Å². The molecule has 0 aliphatic carbocycles. The summed E-state index contributed by atoms with van der Waals surface area (Å²) in [5, 5.41) is 10.4. The van der Waals surface area contributed by atoms with Gasteiger partial charge in [0.25, 0.3) is 0 Å². The van der Waals surface area contributed by atoms with Gasteiger partial charge in [0.05, 0.1) is 11.8 Å².